The Morgan fingerprint density at radius 2 is 1.00 bits per heavy atom. The van der Waals surface area contributed by atoms with E-state index in [9.17, 15) is 18.0 Å². The van der Waals surface area contributed by atoms with Crippen molar-refractivity contribution < 1.29 is 22.7 Å². The molecule has 6 heteroatoms. The molecule has 0 radical (unpaired) electrons. The number of hydrogen-bond donors (Lipinski definition) is 1. The van der Waals surface area contributed by atoms with E-state index in [1.165, 1.54) is 79.8 Å². The Morgan fingerprint density at radius 3 is 1.26 bits per heavy atom. The van der Waals surface area contributed by atoms with E-state index in [4.69, 9.17) is 4.74 Å². The Labute approximate surface area is 154 Å². The third kappa shape index (κ3) is 3.65. The first kappa shape index (κ1) is 18.5. The van der Waals surface area contributed by atoms with Gasteiger partial charge in [-0.2, -0.15) is 0 Å². The van der Waals surface area contributed by atoms with Gasteiger partial charge >= 0.3 is 6.09 Å². The highest BCUT2D eigenvalue weighted by atomic mass is 19.1. The van der Waals surface area contributed by atoms with Crippen LogP contribution in [0.4, 0.5) is 18.0 Å². The van der Waals surface area contributed by atoms with Crippen molar-refractivity contribution in [2.45, 2.75) is 5.60 Å². The lowest BCUT2D eigenvalue weighted by Gasteiger charge is -2.35. The van der Waals surface area contributed by atoms with Gasteiger partial charge in [-0.15, -0.1) is 0 Å². The summed E-state index contributed by atoms with van der Waals surface area (Å²) in [4.78, 5) is 12.2. The van der Waals surface area contributed by atoms with Crippen LogP contribution in [0.5, 0.6) is 0 Å². The molecule has 3 nitrogen and oxygen atoms in total. The Hall–Kier alpha value is -3.28. The number of halogens is 3. The van der Waals surface area contributed by atoms with Crippen LogP contribution >= 0.6 is 0 Å². The zero-order chi connectivity index (χ0) is 19.4. The standard InChI is InChI=1S/C21H16F3NO2/c1-25-20(26)27-21(14-2-8-17(22)9-3-14,15-4-10-18(23)11-5-15)16-6-12-19(24)13-7-16/h2-13H,1H3,(H,25,26). The maximum absolute atomic E-state index is 13.5. The molecule has 0 aromatic heterocycles. The van der Waals surface area contributed by atoms with Crippen molar-refractivity contribution in [3.63, 3.8) is 0 Å². The fraction of sp³-hybridized carbons (Fsp3) is 0.0952. The molecular weight excluding hydrogens is 355 g/mol. The average molecular weight is 371 g/mol. The Bertz CT molecular complexity index is 812. The van der Waals surface area contributed by atoms with Gasteiger partial charge in [-0.1, -0.05) is 36.4 Å². The molecule has 0 saturated heterocycles. The van der Waals surface area contributed by atoms with E-state index in [-0.39, 0.29) is 0 Å². The van der Waals surface area contributed by atoms with Gasteiger partial charge in [0, 0.05) is 23.7 Å². The van der Waals surface area contributed by atoms with Gasteiger partial charge in [0.05, 0.1) is 0 Å². The van der Waals surface area contributed by atoms with Gasteiger partial charge in [-0.25, -0.2) is 18.0 Å². The van der Waals surface area contributed by atoms with Crippen LogP contribution < -0.4 is 5.32 Å². The van der Waals surface area contributed by atoms with Gasteiger partial charge in [0.1, 0.15) is 17.5 Å². The van der Waals surface area contributed by atoms with Crippen molar-refractivity contribution >= 4 is 6.09 Å². The molecule has 0 atom stereocenters. The van der Waals surface area contributed by atoms with Crippen LogP contribution in [0, 0.1) is 17.5 Å². The number of nitrogens with one attached hydrogen (secondary N) is 1. The molecule has 3 aromatic carbocycles. The van der Waals surface area contributed by atoms with Crippen LogP contribution in [0.25, 0.3) is 0 Å². The third-order valence-electron chi connectivity index (χ3n) is 4.20. The molecule has 0 bridgehead atoms. The number of amides is 1. The minimum absolute atomic E-state index is 0.422. The van der Waals surface area contributed by atoms with Crippen LogP contribution in [0.3, 0.4) is 0 Å². The molecule has 0 aliphatic rings. The van der Waals surface area contributed by atoms with Crippen LogP contribution in [-0.2, 0) is 10.3 Å². The molecule has 1 amide bonds. The maximum Gasteiger partial charge on any atom is 0.408 e. The molecule has 3 rings (SSSR count). The van der Waals surface area contributed by atoms with Crippen LogP contribution in [0.2, 0.25) is 0 Å². The molecule has 0 fully saturated rings. The minimum atomic E-state index is -1.53. The predicted octanol–water partition coefficient (Wildman–Crippen LogP) is 4.75. The van der Waals surface area contributed by atoms with Crippen LogP contribution in [0.1, 0.15) is 16.7 Å². The molecule has 0 saturated carbocycles. The maximum atomic E-state index is 13.5. The summed E-state index contributed by atoms with van der Waals surface area (Å²) in [7, 11) is 1.40. The lowest BCUT2D eigenvalue weighted by atomic mass is 9.80. The lowest BCUT2D eigenvalue weighted by molar-refractivity contribution is 0.0682. The van der Waals surface area contributed by atoms with Gasteiger partial charge in [-0.3, -0.25) is 0 Å². The van der Waals surface area contributed by atoms with Gasteiger partial charge in [-0.05, 0) is 36.4 Å². The molecule has 1 N–H and O–H groups in total. The lowest BCUT2D eigenvalue weighted by Crippen LogP contribution is -2.38. The largest absolute Gasteiger partial charge is 0.428 e. The molecule has 0 unspecified atom stereocenters. The second kappa shape index (κ2) is 7.53. The second-order valence-corrected chi connectivity index (χ2v) is 5.84. The van der Waals surface area contributed by atoms with Crippen molar-refractivity contribution in [2.24, 2.45) is 0 Å². The number of benzene rings is 3. The summed E-state index contributed by atoms with van der Waals surface area (Å²) in [5, 5.41) is 2.38. The minimum Gasteiger partial charge on any atom is -0.428 e. The van der Waals surface area contributed by atoms with Crippen molar-refractivity contribution in [2.75, 3.05) is 7.05 Å². The molecule has 27 heavy (non-hydrogen) atoms. The van der Waals surface area contributed by atoms with Crippen molar-refractivity contribution in [1.29, 1.82) is 0 Å². The summed E-state index contributed by atoms with van der Waals surface area (Å²) in [6.45, 7) is 0. The first-order chi connectivity index (χ1) is 13.0. The Kier molecular flexibility index (Phi) is 5.16. The van der Waals surface area contributed by atoms with Crippen LogP contribution in [-0.4, -0.2) is 13.1 Å². The van der Waals surface area contributed by atoms with E-state index in [1.54, 1.807) is 0 Å². The topological polar surface area (TPSA) is 38.3 Å². The summed E-state index contributed by atoms with van der Waals surface area (Å²) in [6, 6.07) is 16.1. The molecule has 3 aromatic rings. The molecule has 0 heterocycles. The molecule has 0 spiro atoms. The summed E-state index contributed by atoms with van der Waals surface area (Å²) >= 11 is 0. The number of rotatable bonds is 4. The Morgan fingerprint density at radius 1 is 0.704 bits per heavy atom. The zero-order valence-corrected chi connectivity index (χ0v) is 14.4. The molecular formula is C21H16F3NO2. The molecule has 138 valence electrons. The van der Waals surface area contributed by atoms with Crippen molar-refractivity contribution in [3.8, 4) is 0 Å². The predicted molar refractivity (Wildman–Crippen MR) is 94.6 cm³/mol. The number of hydrogen-bond acceptors (Lipinski definition) is 2. The Balaban J connectivity index is 2.32. The summed E-state index contributed by atoms with van der Waals surface area (Å²) in [5.41, 5.74) is -0.267. The number of carbonyl (C=O) groups is 1. The van der Waals surface area contributed by atoms with Gasteiger partial charge < -0.3 is 10.1 Å². The number of alkyl carbamates (subject to hydrolysis) is 1. The van der Waals surface area contributed by atoms with E-state index in [2.05, 4.69) is 5.32 Å². The highest BCUT2D eigenvalue weighted by Gasteiger charge is 2.40. The first-order valence-corrected chi connectivity index (χ1v) is 8.14. The summed E-state index contributed by atoms with van der Waals surface area (Å²) in [6.07, 6.45) is -0.757. The third-order valence-corrected chi connectivity index (χ3v) is 4.20. The highest BCUT2D eigenvalue weighted by molar-refractivity contribution is 5.69. The normalized spacial score (nSPS) is 11.1. The summed E-state index contributed by atoms with van der Waals surface area (Å²) < 4.78 is 46.2. The smallest absolute Gasteiger partial charge is 0.408 e. The van der Waals surface area contributed by atoms with Gasteiger partial charge in [0.25, 0.3) is 0 Å². The van der Waals surface area contributed by atoms with Gasteiger partial charge in [0.2, 0.25) is 0 Å². The SMILES string of the molecule is CNC(=O)OC(c1ccc(F)cc1)(c1ccc(F)cc1)c1ccc(F)cc1. The van der Waals surface area contributed by atoms with Crippen molar-refractivity contribution in [1.82, 2.24) is 5.32 Å². The molecule has 0 aliphatic heterocycles. The number of ether oxygens (including phenoxy) is 1. The second-order valence-electron chi connectivity index (χ2n) is 5.84. The van der Waals surface area contributed by atoms with Crippen LogP contribution in [0.15, 0.2) is 72.8 Å². The van der Waals surface area contributed by atoms with E-state index >= 15 is 0 Å². The number of carbonyl (C=O) groups excluding carboxylic acids is 1. The fourth-order valence-electron chi connectivity index (χ4n) is 2.92. The van der Waals surface area contributed by atoms with Crippen molar-refractivity contribution in [3.05, 3.63) is 107 Å². The first-order valence-electron chi connectivity index (χ1n) is 8.14. The highest BCUT2D eigenvalue weighted by Crippen LogP contribution is 2.40. The quantitative estimate of drug-likeness (QED) is 0.672. The van der Waals surface area contributed by atoms with Gasteiger partial charge in [0.15, 0.2) is 5.60 Å². The zero-order valence-electron chi connectivity index (χ0n) is 14.4. The fourth-order valence-corrected chi connectivity index (χ4v) is 2.92. The average Bonchev–Trinajstić information content (AvgIpc) is 2.68. The van der Waals surface area contributed by atoms with E-state index in [0.717, 1.165) is 0 Å². The summed E-state index contributed by atoms with van der Waals surface area (Å²) in [5.74, 6) is -1.40. The van der Waals surface area contributed by atoms with E-state index in [0.29, 0.717) is 16.7 Å². The molecule has 0 aliphatic carbocycles. The monoisotopic (exact) mass is 371 g/mol. The van der Waals surface area contributed by atoms with E-state index < -0.39 is 29.1 Å². The van der Waals surface area contributed by atoms with E-state index in [1.807, 2.05) is 0 Å².